The molecule has 0 aliphatic carbocycles. The Balaban J connectivity index is 1.33. The lowest BCUT2D eigenvalue weighted by Crippen LogP contribution is -2.39. The second kappa shape index (κ2) is 13.6. The molecule has 0 radical (unpaired) electrons. The van der Waals surface area contributed by atoms with Gasteiger partial charge in [-0.2, -0.15) is 4.98 Å². The predicted molar refractivity (Wildman–Crippen MR) is 156 cm³/mol. The molecule has 0 unspecified atom stereocenters. The maximum absolute atomic E-state index is 12.4. The molecule has 1 aliphatic heterocycles. The van der Waals surface area contributed by atoms with E-state index in [9.17, 15) is 14.4 Å². The fourth-order valence-electron chi connectivity index (χ4n) is 4.52. The van der Waals surface area contributed by atoms with Crippen LogP contribution in [0, 0.1) is 0 Å². The Morgan fingerprint density at radius 3 is 2.50 bits per heavy atom. The summed E-state index contributed by atoms with van der Waals surface area (Å²) in [6.45, 7) is 5.10. The molecule has 3 aromatic rings. The van der Waals surface area contributed by atoms with E-state index in [1.54, 1.807) is 25.2 Å². The van der Waals surface area contributed by atoms with E-state index in [-0.39, 0.29) is 24.1 Å². The molecule has 1 aromatic heterocycles. The number of amides is 3. The van der Waals surface area contributed by atoms with Gasteiger partial charge in [0.2, 0.25) is 17.8 Å². The van der Waals surface area contributed by atoms with Crippen LogP contribution in [0.25, 0.3) is 0 Å². The number of para-hydroxylation sites is 1. The average molecular weight is 562 g/mol. The first-order valence-electron chi connectivity index (χ1n) is 13.0. The zero-order valence-corrected chi connectivity index (χ0v) is 23.0. The number of nitrogens with one attached hydrogen (secondary N) is 4. The summed E-state index contributed by atoms with van der Waals surface area (Å²) in [5, 5.41) is 11.9. The smallest absolute Gasteiger partial charge is 0.253 e. The molecule has 11 heteroatoms. The van der Waals surface area contributed by atoms with Crippen LogP contribution in [-0.2, 0) is 9.59 Å². The highest BCUT2D eigenvalue weighted by atomic mass is 35.5. The van der Waals surface area contributed by atoms with Gasteiger partial charge < -0.3 is 26.2 Å². The minimum Gasteiger partial charge on any atom is -0.355 e. The molecule has 0 bridgehead atoms. The molecule has 1 fully saturated rings. The summed E-state index contributed by atoms with van der Waals surface area (Å²) < 4.78 is 0. The largest absolute Gasteiger partial charge is 0.355 e. The molecule has 40 heavy (non-hydrogen) atoms. The van der Waals surface area contributed by atoms with E-state index in [4.69, 9.17) is 11.6 Å². The number of hydrogen-bond donors (Lipinski definition) is 4. The molecule has 0 saturated carbocycles. The van der Waals surface area contributed by atoms with Crippen LogP contribution in [0.4, 0.5) is 23.1 Å². The summed E-state index contributed by atoms with van der Waals surface area (Å²) in [6.07, 6.45) is 4.74. The van der Waals surface area contributed by atoms with Crippen molar-refractivity contribution in [3.63, 3.8) is 0 Å². The molecule has 3 amide bonds. The number of rotatable bonds is 10. The molecule has 4 N–H and O–H groups in total. The molecule has 1 saturated heterocycles. The second-order valence-electron chi connectivity index (χ2n) is 9.29. The van der Waals surface area contributed by atoms with Gasteiger partial charge in [-0.25, -0.2) is 4.98 Å². The summed E-state index contributed by atoms with van der Waals surface area (Å²) in [5.41, 5.74) is 3.07. The van der Waals surface area contributed by atoms with Crippen molar-refractivity contribution in [2.24, 2.45) is 0 Å². The molecule has 10 nitrogen and oxygen atoms in total. The first kappa shape index (κ1) is 28.6. The molecule has 0 atom stereocenters. The summed E-state index contributed by atoms with van der Waals surface area (Å²) in [7, 11) is 1.57. The van der Waals surface area contributed by atoms with Crippen molar-refractivity contribution < 1.29 is 14.4 Å². The predicted octanol–water partition coefficient (Wildman–Crippen LogP) is 4.38. The fraction of sp³-hybridized carbons (Fsp3) is 0.276. The van der Waals surface area contributed by atoms with Crippen LogP contribution in [0.1, 0.15) is 41.1 Å². The highest BCUT2D eigenvalue weighted by Gasteiger charge is 2.23. The van der Waals surface area contributed by atoms with Crippen LogP contribution < -0.4 is 21.3 Å². The summed E-state index contributed by atoms with van der Waals surface area (Å²) in [6, 6.07) is 15.2. The number of carbonyl (C=O) groups excluding carboxylic acids is 3. The highest BCUT2D eigenvalue weighted by Crippen LogP contribution is 2.30. The number of hydrogen-bond acceptors (Lipinski definition) is 7. The Morgan fingerprint density at radius 1 is 1.07 bits per heavy atom. The van der Waals surface area contributed by atoms with Crippen molar-refractivity contribution in [1.29, 1.82) is 0 Å². The minimum atomic E-state index is -0.271. The van der Waals surface area contributed by atoms with Gasteiger partial charge in [-0.1, -0.05) is 42.4 Å². The van der Waals surface area contributed by atoms with Crippen molar-refractivity contribution in [2.45, 2.75) is 25.2 Å². The van der Waals surface area contributed by atoms with Crippen molar-refractivity contribution in [3.05, 3.63) is 83.5 Å². The molecular formula is C29H32ClN7O3. The average Bonchev–Trinajstić information content (AvgIpc) is 2.99. The number of aromatic nitrogens is 2. The second-order valence-corrected chi connectivity index (χ2v) is 9.69. The number of carbonyl (C=O) groups is 3. The van der Waals surface area contributed by atoms with Crippen LogP contribution in [0.3, 0.4) is 0 Å². The Kier molecular flexibility index (Phi) is 9.69. The summed E-state index contributed by atoms with van der Waals surface area (Å²) >= 11 is 6.33. The van der Waals surface area contributed by atoms with E-state index < -0.39 is 0 Å². The normalized spacial score (nSPS) is 13.3. The number of nitrogens with zero attached hydrogens (tertiary/aromatic N) is 3. The van der Waals surface area contributed by atoms with Crippen LogP contribution in [0.15, 0.2) is 67.4 Å². The number of halogens is 1. The van der Waals surface area contributed by atoms with Gasteiger partial charge >= 0.3 is 0 Å². The quantitative estimate of drug-likeness (QED) is 0.270. The van der Waals surface area contributed by atoms with Crippen LogP contribution in [0.5, 0.6) is 0 Å². The van der Waals surface area contributed by atoms with E-state index in [1.165, 1.54) is 17.8 Å². The van der Waals surface area contributed by atoms with E-state index in [0.717, 1.165) is 18.5 Å². The maximum atomic E-state index is 12.4. The lowest BCUT2D eigenvalue weighted by molar-refractivity contribution is -0.132. The van der Waals surface area contributed by atoms with Gasteiger partial charge in [0.1, 0.15) is 5.02 Å². The topological polar surface area (TPSA) is 128 Å². The Morgan fingerprint density at radius 2 is 1.80 bits per heavy atom. The van der Waals surface area contributed by atoms with Crippen LogP contribution >= 0.6 is 11.6 Å². The molecule has 1 aliphatic rings. The fourth-order valence-corrected chi connectivity index (χ4v) is 4.66. The molecule has 208 valence electrons. The standard InChI is InChI=1S/C29H32ClN7O3/c1-3-25(38)32-15-12-26(39)37-16-13-20(14-17-37)19-8-10-21(11-9-19)34-29-33-18-23(30)27(36-29)35-24-7-5-4-6-22(24)28(40)31-2/h3-11,18,20H,1,12-17H2,2H3,(H,31,40)(H,32,38)(H2,33,34,35,36). The summed E-state index contributed by atoms with van der Waals surface area (Å²) in [4.78, 5) is 46.5. The molecule has 0 spiro atoms. The van der Waals surface area contributed by atoms with Gasteiger partial charge in [-0.3, -0.25) is 14.4 Å². The molecular weight excluding hydrogens is 530 g/mol. The lowest BCUT2D eigenvalue weighted by Gasteiger charge is -2.32. The molecule has 4 rings (SSSR count). The van der Waals surface area contributed by atoms with Crippen LogP contribution in [0.2, 0.25) is 5.02 Å². The third-order valence-electron chi connectivity index (χ3n) is 6.71. The number of piperidine rings is 1. The molecule has 2 heterocycles. The van der Waals surface area contributed by atoms with Gasteiger partial charge in [-0.15, -0.1) is 0 Å². The molecule has 2 aromatic carbocycles. The van der Waals surface area contributed by atoms with E-state index in [2.05, 4.69) is 49.9 Å². The Hall–Kier alpha value is -4.44. The van der Waals surface area contributed by atoms with Crippen molar-refractivity contribution in [1.82, 2.24) is 25.5 Å². The maximum Gasteiger partial charge on any atom is 0.253 e. The van der Waals surface area contributed by atoms with Crippen molar-refractivity contribution >= 4 is 52.5 Å². The zero-order chi connectivity index (χ0) is 28.5. The third-order valence-corrected chi connectivity index (χ3v) is 6.98. The first-order valence-corrected chi connectivity index (χ1v) is 13.4. The first-order chi connectivity index (χ1) is 19.4. The van der Waals surface area contributed by atoms with E-state index in [0.29, 0.717) is 53.6 Å². The van der Waals surface area contributed by atoms with E-state index >= 15 is 0 Å². The Bertz CT molecular complexity index is 1370. The van der Waals surface area contributed by atoms with Gasteiger partial charge in [0.25, 0.3) is 5.91 Å². The van der Waals surface area contributed by atoms with Gasteiger partial charge in [0.15, 0.2) is 5.82 Å². The zero-order valence-electron chi connectivity index (χ0n) is 22.2. The van der Waals surface area contributed by atoms with Crippen LogP contribution in [-0.4, -0.2) is 59.3 Å². The minimum absolute atomic E-state index is 0.0521. The number of anilines is 4. The van der Waals surface area contributed by atoms with Gasteiger partial charge in [0, 0.05) is 38.8 Å². The highest BCUT2D eigenvalue weighted by molar-refractivity contribution is 6.33. The number of benzene rings is 2. The lowest BCUT2D eigenvalue weighted by atomic mass is 9.89. The summed E-state index contributed by atoms with van der Waals surface area (Å²) in [5.74, 6) is 0.647. The SMILES string of the molecule is C=CC(=O)NCCC(=O)N1CCC(c2ccc(Nc3ncc(Cl)c(Nc4ccccc4C(=O)NC)n3)cc2)CC1. The van der Waals surface area contributed by atoms with Crippen molar-refractivity contribution in [2.75, 3.05) is 37.3 Å². The van der Waals surface area contributed by atoms with Gasteiger partial charge in [-0.05, 0) is 54.7 Å². The third kappa shape index (κ3) is 7.35. The van der Waals surface area contributed by atoms with E-state index in [1.807, 2.05) is 23.1 Å². The Labute approximate surface area is 238 Å². The number of likely N-dealkylation sites (tertiary alicyclic amines) is 1. The van der Waals surface area contributed by atoms with Gasteiger partial charge in [0.05, 0.1) is 17.4 Å². The van der Waals surface area contributed by atoms with Crippen molar-refractivity contribution in [3.8, 4) is 0 Å². The monoisotopic (exact) mass is 561 g/mol.